The molecule has 0 aliphatic carbocycles. The van der Waals surface area contributed by atoms with Gasteiger partial charge in [-0.15, -0.1) is 0 Å². The second kappa shape index (κ2) is 13.2. The molecule has 0 saturated carbocycles. The molecular weight excluding hydrogens is 512 g/mol. The highest BCUT2D eigenvalue weighted by molar-refractivity contribution is 7.88. The third-order valence-electron chi connectivity index (χ3n) is 5.18. The van der Waals surface area contributed by atoms with E-state index >= 15 is 0 Å². The summed E-state index contributed by atoms with van der Waals surface area (Å²) < 4.78 is 27.2. The van der Waals surface area contributed by atoms with Crippen molar-refractivity contribution in [1.29, 1.82) is 5.41 Å². The number of sulfonamides is 1. The number of likely N-dealkylation sites (N-methyl/N-ethyl adjacent to an activating group) is 1. The maximum atomic E-state index is 12.8. The van der Waals surface area contributed by atoms with Crippen molar-refractivity contribution in [3.05, 3.63) is 64.7 Å². The fourth-order valence-electron chi connectivity index (χ4n) is 3.05. The van der Waals surface area contributed by atoms with E-state index in [0.717, 1.165) is 10.5 Å². The molecule has 0 spiro atoms. The largest absolute Gasteiger partial charge is 0.394 e. The lowest BCUT2D eigenvalue weighted by Gasteiger charge is -2.28. The van der Waals surface area contributed by atoms with Gasteiger partial charge in [-0.2, -0.15) is 0 Å². The van der Waals surface area contributed by atoms with Crippen LogP contribution in [-0.4, -0.2) is 67.1 Å². The van der Waals surface area contributed by atoms with Crippen molar-refractivity contribution in [1.82, 2.24) is 20.4 Å². The zero-order chi connectivity index (χ0) is 26.9. The summed E-state index contributed by atoms with van der Waals surface area (Å²) in [5.41, 5.74) is 3.39. The highest BCUT2D eigenvalue weighted by Gasteiger charge is 2.31. The van der Waals surface area contributed by atoms with Gasteiger partial charge < -0.3 is 20.6 Å². The van der Waals surface area contributed by atoms with Crippen molar-refractivity contribution in [3.8, 4) is 0 Å². The summed E-state index contributed by atoms with van der Waals surface area (Å²) in [4.78, 5) is 26.5. The third kappa shape index (κ3) is 8.77. The number of nitrogens with one attached hydrogen (secondary N) is 5. The lowest BCUT2D eigenvalue weighted by Crippen LogP contribution is -2.54. The number of guanidine groups is 1. The van der Waals surface area contributed by atoms with Crippen molar-refractivity contribution < 1.29 is 28.3 Å². The molecule has 7 N–H and O–H groups in total. The number of carbonyl (C=O) groups is 2. The first-order valence-electron chi connectivity index (χ1n) is 10.7. The summed E-state index contributed by atoms with van der Waals surface area (Å²) in [5.74, 6) is -1.97. The van der Waals surface area contributed by atoms with Crippen LogP contribution in [0.4, 0.5) is 5.69 Å². The molecule has 36 heavy (non-hydrogen) atoms. The van der Waals surface area contributed by atoms with Gasteiger partial charge in [0.15, 0.2) is 0 Å². The van der Waals surface area contributed by atoms with Gasteiger partial charge in [0.25, 0.3) is 0 Å². The van der Waals surface area contributed by atoms with E-state index in [1.807, 2.05) is 0 Å². The zero-order valence-electron chi connectivity index (χ0n) is 19.7. The van der Waals surface area contributed by atoms with Gasteiger partial charge in [-0.05, 0) is 42.3 Å². The Morgan fingerprint density at radius 3 is 2.22 bits per heavy atom. The van der Waals surface area contributed by atoms with Crippen LogP contribution in [0.1, 0.15) is 18.1 Å². The number of amides is 2. The van der Waals surface area contributed by atoms with Crippen LogP contribution in [0.3, 0.4) is 0 Å². The number of aliphatic hydroxyl groups excluding tert-OH is 1. The standard InChI is InChI=1S/C22H29ClN6O6S/c1-14(20(31)25-11-15-5-9-18(10-6-15)26-22(24)27-33)29(2)21(32)19(12-30)28-36(34,35)13-16-3-7-17(23)8-4-16/h3-10,14,19,28,30,33H,11-13H2,1-2H3,(H,25,31)(H3,24,26,27)/t14-,19+/m0/s1. The molecule has 0 saturated heterocycles. The molecule has 0 aromatic heterocycles. The Morgan fingerprint density at radius 2 is 1.67 bits per heavy atom. The van der Waals surface area contributed by atoms with Gasteiger partial charge in [-0.3, -0.25) is 20.2 Å². The molecule has 0 heterocycles. The van der Waals surface area contributed by atoms with Crippen LogP contribution in [0.2, 0.25) is 5.02 Å². The van der Waals surface area contributed by atoms with Crippen LogP contribution in [0.15, 0.2) is 48.5 Å². The van der Waals surface area contributed by atoms with Crippen molar-refractivity contribution in [3.63, 3.8) is 0 Å². The number of hydrogen-bond donors (Lipinski definition) is 7. The van der Waals surface area contributed by atoms with Crippen LogP contribution < -0.4 is 20.8 Å². The molecule has 0 aliphatic heterocycles. The van der Waals surface area contributed by atoms with Crippen LogP contribution in [0.25, 0.3) is 0 Å². The first-order chi connectivity index (χ1) is 17.0. The average Bonchev–Trinajstić information content (AvgIpc) is 2.86. The van der Waals surface area contributed by atoms with Gasteiger partial charge in [0.1, 0.15) is 12.1 Å². The molecule has 0 unspecified atom stereocenters. The molecular formula is C22H29ClN6O6S. The van der Waals surface area contributed by atoms with Gasteiger partial charge in [-0.25, -0.2) is 18.6 Å². The molecule has 0 bridgehead atoms. The Morgan fingerprint density at radius 1 is 1.08 bits per heavy atom. The summed E-state index contributed by atoms with van der Waals surface area (Å²) >= 11 is 5.81. The van der Waals surface area contributed by atoms with Gasteiger partial charge in [0.2, 0.25) is 27.8 Å². The summed E-state index contributed by atoms with van der Waals surface area (Å²) in [6.07, 6.45) is 0. The Balaban J connectivity index is 1.93. The Kier molecular flexibility index (Phi) is 10.6. The van der Waals surface area contributed by atoms with Gasteiger partial charge in [0, 0.05) is 24.3 Å². The fourth-order valence-corrected chi connectivity index (χ4v) is 4.50. The van der Waals surface area contributed by atoms with E-state index in [-0.39, 0.29) is 12.5 Å². The molecule has 0 radical (unpaired) electrons. The van der Waals surface area contributed by atoms with Gasteiger partial charge >= 0.3 is 0 Å². The van der Waals surface area contributed by atoms with Crippen molar-refractivity contribution in [2.45, 2.75) is 31.3 Å². The summed E-state index contributed by atoms with van der Waals surface area (Å²) in [6.45, 7) is 0.837. The molecule has 12 nitrogen and oxygen atoms in total. The lowest BCUT2D eigenvalue weighted by atomic mass is 10.2. The second-order valence-corrected chi connectivity index (χ2v) is 10.1. The molecule has 2 aromatic carbocycles. The molecule has 2 amide bonds. The van der Waals surface area contributed by atoms with E-state index in [1.54, 1.807) is 41.9 Å². The summed E-state index contributed by atoms with van der Waals surface area (Å²) in [5, 5.41) is 31.3. The lowest BCUT2D eigenvalue weighted by molar-refractivity contribution is -0.140. The highest BCUT2D eigenvalue weighted by atomic mass is 35.5. The molecule has 14 heteroatoms. The van der Waals surface area contributed by atoms with E-state index in [4.69, 9.17) is 22.2 Å². The molecule has 0 fully saturated rings. The van der Waals surface area contributed by atoms with E-state index < -0.39 is 46.3 Å². The zero-order valence-corrected chi connectivity index (χ0v) is 21.2. The molecule has 2 atom stereocenters. The third-order valence-corrected chi connectivity index (χ3v) is 6.79. The van der Waals surface area contributed by atoms with Crippen LogP contribution in [0, 0.1) is 5.41 Å². The quantitative estimate of drug-likeness (QED) is 0.123. The van der Waals surface area contributed by atoms with E-state index in [1.165, 1.54) is 26.1 Å². The number of carbonyl (C=O) groups excluding carboxylic acids is 2. The Labute approximate surface area is 214 Å². The highest BCUT2D eigenvalue weighted by Crippen LogP contribution is 2.13. The number of hydroxylamine groups is 1. The van der Waals surface area contributed by atoms with E-state index in [0.29, 0.717) is 16.3 Å². The molecule has 2 rings (SSSR count). The number of nitrogens with zero attached hydrogens (tertiary/aromatic N) is 1. The number of benzene rings is 2. The minimum absolute atomic E-state index is 0.151. The first-order valence-corrected chi connectivity index (χ1v) is 12.7. The smallest absolute Gasteiger partial charge is 0.243 e. The Hall–Kier alpha value is -3.23. The minimum atomic E-state index is -3.98. The minimum Gasteiger partial charge on any atom is -0.394 e. The SMILES string of the molecule is C[C@@H](C(=O)NCc1ccc(NC(=N)NO)cc1)N(C)C(=O)[C@@H](CO)NS(=O)(=O)Cc1ccc(Cl)cc1. The van der Waals surface area contributed by atoms with Crippen molar-refractivity contribution in [2.75, 3.05) is 19.0 Å². The number of aliphatic hydroxyl groups is 1. The van der Waals surface area contributed by atoms with Gasteiger partial charge in [-0.1, -0.05) is 35.9 Å². The van der Waals surface area contributed by atoms with Crippen molar-refractivity contribution in [2.24, 2.45) is 0 Å². The normalized spacial score (nSPS) is 12.8. The first kappa shape index (κ1) is 29.0. The predicted octanol–water partition coefficient (Wildman–Crippen LogP) is 0.609. The fraction of sp³-hybridized carbons (Fsp3) is 0.318. The van der Waals surface area contributed by atoms with Crippen LogP contribution in [0.5, 0.6) is 0 Å². The molecule has 196 valence electrons. The van der Waals surface area contributed by atoms with E-state index in [9.17, 15) is 23.1 Å². The summed E-state index contributed by atoms with van der Waals surface area (Å²) in [6, 6.07) is 10.4. The van der Waals surface area contributed by atoms with Gasteiger partial charge in [0.05, 0.1) is 12.4 Å². The predicted molar refractivity (Wildman–Crippen MR) is 135 cm³/mol. The maximum absolute atomic E-state index is 12.8. The molecule has 2 aromatic rings. The number of hydrogen-bond acceptors (Lipinski definition) is 7. The van der Waals surface area contributed by atoms with E-state index in [2.05, 4.69) is 15.4 Å². The summed E-state index contributed by atoms with van der Waals surface area (Å²) in [7, 11) is -2.64. The maximum Gasteiger partial charge on any atom is 0.243 e. The monoisotopic (exact) mass is 540 g/mol. The molecule has 0 aliphatic rings. The number of anilines is 1. The topological polar surface area (TPSA) is 184 Å². The van der Waals surface area contributed by atoms with Crippen LogP contribution >= 0.6 is 11.6 Å². The second-order valence-electron chi connectivity index (χ2n) is 7.89. The number of rotatable bonds is 11. The van der Waals surface area contributed by atoms with Crippen molar-refractivity contribution >= 4 is 45.1 Å². The average molecular weight is 541 g/mol. The number of halogens is 1. The van der Waals surface area contributed by atoms with Crippen LogP contribution in [-0.2, 0) is 31.9 Å². The Bertz CT molecular complexity index is 1160.